The van der Waals surface area contributed by atoms with E-state index in [2.05, 4.69) is 6.07 Å². The van der Waals surface area contributed by atoms with Gasteiger partial charge in [-0.05, 0) is 41.4 Å². The summed E-state index contributed by atoms with van der Waals surface area (Å²) in [6, 6.07) is 9.58. The van der Waals surface area contributed by atoms with Crippen LogP contribution in [0.15, 0.2) is 24.3 Å². The zero-order valence-electron chi connectivity index (χ0n) is 8.20. The maximum atomic E-state index is 5.76. The molecule has 83 valence electrons. The molecule has 15 heavy (non-hydrogen) atoms. The number of rotatable bonds is 6. The second kappa shape index (κ2) is 6.18. The SMILES string of the molecule is COCCOC(Cl)(Cl)Oc1cc[c]cc1. The van der Waals surface area contributed by atoms with Crippen LogP contribution < -0.4 is 4.74 Å². The molecule has 0 N–H and O–H groups in total. The smallest absolute Gasteiger partial charge is 0.375 e. The Kier molecular flexibility index (Phi) is 5.19. The molecule has 0 aliphatic heterocycles. The Morgan fingerprint density at radius 2 is 1.93 bits per heavy atom. The molecule has 1 rings (SSSR count). The van der Waals surface area contributed by atoms with Gasteiger partial charge >= 0.3 is 4.71 Å². The van der Waals surface area contributed by atoms with E-state index in [0.717, 1.165) is 0 Å². The van der Waals surface area contributed by atoms with Crippen molar-refractivity contribution < 1.29 is 14.2 Å². The molecule has 0 heterocycles. The van der Waals surface area contributed by atoms with Crippen molar-refractivity contribution in [1.82, 2.24) is 0 Å². The van der Waals surface area contributed by atoms with Gasteiger partial charge in [0.05, 0.1) is 13.2 Å². The maximum Gasteiger partial charge on any atom is 0.375 e. The van der Waals surface area contributed by atoms with Gasteiger partial charge < -0.3 is 14.2 Å². The molecule has 3 nitrogen and oxygen atoms in total. The summed E-state index contributed by atoms with van der Waals surface area (Å²) in [6.45, 7) is 0.648. The average Bonchev–Trinajstić information content (AvgIpc) is 2.18. The molecule has 0 atom stereocenters. The topological polar surface area (TPSA) is 27.7 Å². The van der Waals surface area contributed by atoms with Crippen molar-refractivity contribution in [2.75, 3.05) is 20.3 Å². The van der Waals surface area contributed by atoms with Crippen molar-refractivity contribution in [3.8, 4) is 5.75 Å². The highest BCUT2D eigenvalue weighted by atomic mass is 35.5. The molecule has 1 radical (unpaired) electrons. The molecule has 0 amide bonds. The Morgan fingerprint density at radius 3 is 2.53 bits per heavy atom. The van der Waals surface area contributed by atoms with Crippen LogP contribution in [-0.2, 0) is 9.47 Å². The van der Waals surface area contributed by atoms with E-state index in [4.69, 9.17) is 37.4 Å². The van der Waals surface area contributed by atoms with Crippen molar-refractivity contribution >= 4 is 23.2 Å². The van der Waals surface area contributed by atoms with Crippen LogP contribution in [-0.4, -0.2) is 25.0 Å². The Labute approximate surface area is 98.8 Å². The number of methoxy groups -OCH3 is 1. The fourth-order valence-corrected chi connectivity index (χ4v) is 1.18. The second-order valence-corrected chi connectivity index (χ2v) is 3.83. The predicted octanol–water partition coefficient (Wildman–Crippen LogP) is 2.62. The lowest BCUT2D eigenvalue weighted by Crippen LogP contribution is -2.27. The molecule has 0 saturated heterocycles. The lowest BCUT2D eigenvalue weighted by molar-refractivity contribution is -0.0697. The highest BCUT2D eigenvalue weighted by Crippen LogP contribution is 2.26. The summed E-state index contributed by atoms with van der Waals surface area (Å²) in [7, 11) is 1.56. The van der Waals surface area contributed by atoms with Crippen molar-refractivity contribution in [2.24, 2.45) is 0 Å². The van der Waals surface area contributed by atoms with Crippen LogP contribution >= 0.6 is 23.2 Å². The minimum absolute atomic E-state index is 0.252. The molecule has 0 bridgehead atoms. The molecule has 0 saturated carbocycles. The van der Waals surface area contributed by atoms with Gasteiger partial charge in [-0.1, -0.05) is 12.1 Å². The third-order valence-corrected chi connectivity index (χ3v) is 1.85. The average molecular weight is 250 g/mol. The van der Waals surface area contributed by atoms with E-state index in [1.54, 1.807) is 31.4 Å². The van der Waals surface area contributed by atoms with Gasteiger partial charge in [-0.15, -0.1) is 0 Å². The highest BCUT2D eigenvalue weighted by molar-refractivity contribution is 6.46. The molecular formula is C10H11Cl2O3. The summed E-state index contributed by atoms with van der Waals surface area (Å²) in [6.07, 6.45) is 0. The lowest BCUT2D eigenvalue weighted by atomic mass is 10.3. The highest BCUT2D eigenvalue weighted by Gasteiger charge is 2.27. The van der Waals surface area contributed by atoms with Crippen LogP contribution in [0.1, 0.15) is 0 Å². The van der Waals surface area contributed by atoms with E-state index >= 15 is 0 Å². The van der Waals surface area contributed by atoms with E-state index in [1.165, 1.54) is 0 Å². The van der Waals surface area contributed by atoms with Gasteiger partial charge in [-0.3, -0.25) is 0 Å². The van der Waals surface area contributed by atoms with Crippen molar-refractivity contribution in [2.45, 2.75) is 4.71 Å². The molecular weight excluding hydrogens is 239 g/mol. The lowest BCUT2D eigenvalue weighted by Gasteiger charge is -2.20. The van der Waals surface area contributed by atoms with Gasteiger partial charge in [0.15, 0.2) is 0 Å². The predicted molar refractivity (Wildman–Crippen MR) is 58.2 cm³/mol. The first kappa shape index (κ1) is 12.6. The number of halogens is 2. The zero-order chi connectivity index (χ0) is 11.1. The minimum Gasteiger partial charge on any atom is -0.436 e. The first-order valence-electron chi connectivity index (χ1n) is 4.30. The fraction of sp³-hybridized carbons (Fsp3) is 0.400. The second-order valence-electron chi connectivity index (χ2n) is 2.64. The van der Waals surface area contributed by atoms with Gasteiger partial charge in [0.25, 0.3) is 0 Å². The van der Waals surface area contributed by atoms with Gasteiger partial charge in [0.2, 0.25) is 0 Å². The standard InChI is InChI=1S/C10H11Cl2O3/c1-13-7-8-14-10(11,12)15-9-5-3-2-4-6-9/h3-6H,7-8H2,1H3. The molecule has 0 unspecified atom stereocenters. The molecule has 1 aromatic carbocycles. The van der Waals surface area contributed by atoms with Gasteiger partial charge in [-0.2, -0.15) is 0 Å². The number of ether oxygens (including phenoxy) is 3. The van der Waals surface area contributed by atoms with E-state index in [1.807, 2.05) is 0 Å². The fourth-order valence-electron chi connectivity index (χ4n) is 0.850. The van der Waals surface area contributed by atoms with Crippen LogP contribution in [0.4, 0.5) is 0 Å². The molecule has 1 aromatic rings. The summed E-state index contributed by atoms with van der Waals surface area (Å²) < 4.78 is 13.3. The molecule has 0 aliphatic rings. The monoisotopic (exact) mass is 249 g/mol. The van der Waals surface area contributed by atoms with Crippen LogP contribution in [0, 0.1) is 6.07 Å². The molecule has 0 fully saturated rings. The largest absolute Gasteiger partial charge is 0.436 e. The first-order chi connectivity index (χ1) is 7.14. The van der Waals surface area contributed by atoms with Crippen molar-refractivity contribution in [1.29, 1.82) is 0 Å². The number of alkyl halides is 2. The molecule has 0 aliphatic carbocycles. The number of hydrogen-bond donors (Lipinski definition) is 0. The minimum atomic E-state index is -1.69. The van der Waals surface area contributed by atoms with E-state index in [-0.39, 0.29) is 6.61 Å². The van der Waals surface area contributed by atoms with E-state index < -0.39 is 4.71 Å². The summed E-state index contributed by atoms with van der Waals surface area (Å²) >= 11 is 11.5. The van der Waals surface area contributed by atoms with E-state index in [9.17, 15) is 0 Å². The van der Waals surface area contributed by atoms with Crippen LogP contribution in [0.3, 0.4) is 0 Å². The maximum absolute atomic E-state index is 5.76. The van der Waals surface area contributed by atoms with Crippen LogP contribution in [0.25, 0.3) is 0 Å². The van der Waals surface area contributed by atoms with Crippen LogP contribution in [0.2, 0.25) is 0 Å². The summed E-state index contributed by atoms with van der Waals surface area (Å²) in [5, 5.41) is 0. The van der Waals surface area contributed by atoms with Gasteiger partial charge in [-0.25, -0.2) is 0 Å². The van der Waals surface area contributed by atoms with Crippen molar-refractivity contribution in [3.63, 3.8) is 0 Å². The van der Waals surface area contributed by atoms with Gasteiger partial charge in [0.1, 0.15) is 5.75 Å². The Hall–Kier alpha value is -0.480. The summed E-state index contributed by atoms with van der Waals surface area (Å²) in [5.74, 6) is 0.510. The normalized spacial score (nSPS) is 11.4. The first-order valence-corrected chi connectivity index (χ1v) is 5.05. The van der Waals surface area contributed by atoms with Gasteiger partial charge in [0, 0.05) is 7.11 Å². The number of benzene rings is 1. The summed E-state index contributed by atoms with van der Waals surface area (Å²) in [4.78, 5) is 0. The Bertz CT molecular complexity index is 277. The Balaban J connectivity index is 2.42. The number of hydrogen-bond acceptors (Lipinski definition) is 3. The molecule has 0 aromatic heterocycles. The Morgan fingerprint density at radius 1 is 1.27 bits per heavy atom. The van der Waals surface area contributed by atoms with Crippen LogP contribution in [0.5, 0.6) is 5.75 Å². The summed E-state index contributed by atoms with van der Waals surface area (Å²) in [5.41, 5.74) is 0. The quantitative estimate of drug-likeness (QED) is 0.441. The third kappa shape index (κ3) is 5.23. The molecule has 0 spiro atoms. The third-order valence-electron chi connectivity index (χ3n) is 1.48. The zero-order valence-corrected chi connectivity index (χ0v) is 9.72. The molecule has 5 heteroatoms. The van der Waals surface area contributed by atoms with Crippen molar-refractivity contribution in [3.05, 3.63) is 30.3 Å². The van der Waals surface area contributed by atoms with E-state index in [0.29, 0.717) is 12.4 Å².